The molecule has 0 saturated carbocycles. The van der Waals surface area contributed by atoms with Crippen LogP contribution in [0.4, 0.5) is 4.39 Å². The average molecular weight is 514 g/mol. The number of hydrogen-bond acceptors (Lipinski definition) is 7. The van der Waals surface area contributed by atoms with E-state index in [9.17, 15) is 4.39 Å². The summed E-state index contributed by atoms with van der Waals surface area (Å²) in [6, 6.07) is 10.3. The Morgan fingerprint density at radius 1 is 1.22 bits per heavy atom. The third-order valence-electron chi connectivity index (χ3n) is 6.85. The molecule has 2 aliphatic rings. The molecule has 0 bridgehead atoms. The number of hydrogen-bond donors (Lipinski definition) is 1. The molecule has 2 saturated heterocycles. The number of halogens is 2. The first-order valence-electron chi connectivity index (χ1n) is 12.2. The van der Waals surface area contributed by atoms with E-state index in [0.717, 1.165) is 62.7 Å². The predicted molar refractivity (Wildman–Crippen MR) is 133 cm³/mol. The van der Waals surface area contributed by atoms with Gasteiger partial charge in [-0.2, -0.15) is 0 Å². The lowest BCUT2D eigenvalue weighted by Gasteiger charge is -2.32. The number of aromatic nitrogens is 3. The van der Waals surface area contributed by atoms with Gasteiger partial charge in [0.05, 0.1) is 37.3 Å². The van der Waals surface area contributed by atoms with Gasteiger partial charge in [-0.05, 0) is 50.6 Å². The van der Waals surface area contributed by atoms with Crippen LogP contribution in [-0.2, 0) is 24.4 Å². The van der Waals surface area contributed by atoms with Crippen molar-refractivity contribution in [3.05, 3.63) is 76.2 Å². The van der Waals surface area contributed by atoms with Crippen molar-refractivity contribution in [1.29, 1.82) is 0 Å². The van der Waals surface area contributed by atoms with Crippen LogP contribution < -0.4 is 4.74 Å². The van der Waals surface area contributed by atoms with Gasteiger partial charge in [0.25, 0.3) is 0 Å². The van der Waals surface area contributed by atoms with Crippen LogP contribution in [0.3, 0.4) is 0 Å². The maximum Gasteiger partial charge on any atom is 0.213 e. The van der Waals surface area contributed by atoms with Gasteiger partial charge in [0.15, 0.2) is 0 Å². The molecule has 0 aliphatic carbocycles. The maximum atomic E-state index is 14.0. The third kappa shape index (κ3) is 5.86. The van der Waals surface area contributed by atoms with Gasteiger partial charge < -0.3 is 19.2 Å². The smallest absolute Gasteiger partial charge is 0.213 e. The van der Waals surface area contributed by atoms with Gasteiger partial charge >= 0.3 is 0 Å². The van der Waals surface area contributed by atoms with Crippen LogP contribution in [-0.4, -0.2) is 56.7 Å². The minimum atomic E-state index is -0.386. The van der Waals surface area contributed by atoms with Crippen molar-refractivity contribution in [3.63, 3.8) is 0 Å². The lowest BCUT2D eigenvalue weighted by atomic mass is 9.93. The molecule has 190 valence electrons. The zero-order chi connectivity index (χ0) is 24.9. The fraction of sp³-hybridized carbons (Fsp3) is 0.423. The first-order valence-corrected chi connectivity index (χ1v) is 12.6. The van der Waals surface area contributed by atoms with Crippen molar-refractivity contribution >= 4 is 17.8 Å². The van der Waals surface area contributed by atoms with Gasteiger partial charge in [0.1, 0.15) is 18.2 Å². The Bertz CT molecular complexity index is 1210. The highest BCUT2D eigenvalue weighted by Crippen LogP contribution is 2.29. The molecule has 0 spiro atoms. The van der Waals surface area contributed by atoms with E-state index in [1.165, 1.54) is 12.3 Å². The SMILES string of the molecule is O/N=C/c1cnc(CN2CCC(c3cccc(OCc4ccc(Cl)cc4F)n3)CC2)n1CC1CCO1. The zero-order valence-corrected chi connectivity index (χ0v) is 20.6. The highest BCUT2D eigenvalue weighted by Gasteiger charge is 2.25. The molecule has 2 fully saturated rings. The number of benzene rings is 1. The van der Waals surface area contributed by atoms with Crippen LogP contribution >= 0.6 is 11.6 Å². The van der Waals surface area contributed by atoms with Crippen LogP contribution in [0, 0.1) is 5.82 Å². The molecule has 5 rings (SSSR count). The predicted octanol–water partition coefficient (Wildman–Crippen LogP) is 4.63. The van der Waals surface area contributed by atoms with E-state index in [1.807, 2.05) is 12.1 Å². The van der Waals surface area contributed by atoms with Crippen LogP contribution in [0.15, 0.2) is 47.8 Å². The fourth-order valence-corrected chi connectivity index (χ4v) is 4.83. The largest absolute Gasteiger partial charge is 0.473 e. The Morgan fingerprint density at radius 3 is 2.78 bits per heavy atom. The van der Waals surface area contributed by atoms with E-state index < -0.39 is 0 Å². The summed E-state index contributed by atoms with van der Waals surface area (Å²) in [5.41, 5.74) is 2.21. The molecule has 0 radical (unpaired) electrons. The first kappa shape index (κ1) is 24.7. The van der Waals surface area contributed by atoms with Crippen LogP contribution in [0.1, 0.15) is 48.0 Å². The van der Waals surface area contributed by atoms with E-state index in [1.54, 1.807) is 24.4 Å². The summed E-state index contributed by atoms with van der Waals surface area (Å²) in [6.07, 6.45) is 6.32. The number of imidazole rings is 1. The second-order valence-corrected chi connectivity index (χ2v) is 9.65. The molecule has 4 heterocycles. The molecule has 0 amide bonds. The maximum absolute atomic E-state index is 14.0. The number of likely N-dealkylation sites (tertiary alicyclic amines) is 1. The Kier molecular flexibility index (Phi) is 7.79. The molecule has 2 aliphatic heterocycles. The molecule has 2 aromatic heterocycles. The number of ether oxygens (including phenoxy) is 2. The monoisotopic (exact) mass is 513 g/mol. The number of piperidine rings is 1. The minimum Gasteiger partial charge on any atom is -0.473 e. The Balaban J connectivity index is 1.17. The summed E-state index contributed by atoms with van der Waals surface area (Å²) in [4.78, 5) is 11.7. The highest BCUT2D eigenvalue weighted by molar-refractivity contribution is 6.30. The minimum absolute atomic E-state index is 0.0966. The van der Waals surface area contributed by atoms with Gasteiger partial charge in [0.2, 0.25) is 5.88 Å². The summed E-state index contributed by atoms with van der Waals surface area (Å²) in [7, 11) is 0. The summed E-state index contributed by atoms with van der Waals surface area (Å²) in [5, 5.41) is 12.5. The highest BCUT2D eigenvalue weighted by atomic mass is 35.5. The average Bonchev–Trinajstić information content (AvgIpc) is 3.22. The summed E-state index contributed by atoms with van der Waals surface area (Å²) in [6.45, 7) is 4.17. The third-order valence-corrected chi connectivity index (χ3v) is 7.08. The molecule has 8 nitrogen and oxygen atoms in total. The quantitative estimate of drug-likeness (QED) is 0.255. The molecule has 1 N–H and O–H groups in total. The van der Waals surface area contributed by atoms with Crippen molar-refractivity contribution < 1.29 is 19.1 Å². The lowest BCUT2D eigenvalue weighted by Crippen LogP contribution is -2.35. The van der Waals surface area contributed by atoms with Gasteiger partial charge in [0, 0.05) is 34.9 Å². The summed E-state index contributed by atoms with van der Waals surface area (Å²) in [5.74, 6) is 1.38. The molecule has 36 heavy (non-hydrogen) atoms. The van der Waals surface area contributed by atoms with Crippen molar-refractivity contribution in [2.24, 2.45) is 5.16 Å². The summed E-state index contributed by atoms with van der Waals surface area (Å²) < 4.78 is 27.5. The summed E-state index contributed by atoms with van der Waals surface area (Å²) >= 11 is 5.83. The molecular weight excluding hydrogens is 485 g/mol. The van der Waals surface area contributed by atoms with Crippen molar-refractivity contribution in [2.45, 2.75) is 51.0 Å². The number of rotatable bonds is 9. The number of oxime groups is 1. The van der Waals surface area contributed by atoms with Gasteiger partial charge in [-0.15, -0.1) is 0 Å². The van der Waals surface area contributed by atoms with E-state index in [-0.39, 0.29) is 18.5 Å². The van der Waals surface area contributed by atoms with Crippen LogP contribution in [0.25, 0.3) is 0 Å². The van der Waals surface area contributed by atoms with E-state index in [4.69, 9.17) is 31.3 Å². The molecule has 10 heteroatoms. The molecular formula is C26H29ClFN5O3. The van der Waals surface area contributed by atoms with E-state index in [0.29, 0.717) is 28.9 Å². The normalized spacial score (nSPS) is 19.0. The Morgan fingerprint density at radius 2 is 2.06 bits per heavy atom. The molecule has 1 aromatic carbocycles. The van der Waals surface area contributed by atoms with Crippen molar-refractivity contribution in [2.75, 3.05) is 19.7 Å². The van der Waals surface area contributed by atoms with E-state index >= 15 is 0 Å². The first-order chi connectivity index (χ1) is 17.6. The Hall–Kier alpha value is -3.01. The zero-order valence-electron chi connectivity index (χ0n) is 19.9. The van der Waals surface area contributed by atoms with Crippen LogP contribution in [0.5, 0.6) is 5.88 Å². The molecule has 1 unspecified atom stereocenters. The topological polar surface area (TPSA) is 85.0 Å². The molecule has 1 atom stereocenters. The van der Waals surface area contributed by atoms with Crippen LogP contribution in [0.2, 0.25) is 5.02 Å². The lowest BCUT2D eigenvalue weighted by molar-refractivity contribution is -0.0598. The Labute approximate surface area is 214 Å². The number of nitrogens with zero attached hydrogens (tertiary/aromatic N) is 5. The second-order valence-electron chi connectivity index (χ2n) is 9.21. The van der Waals surface area contributed by atoms with Gasteiger partial charge in [-0.1, -0.05) is 28.9 Å². The van der Waals surface area contributed by atoms with Gasteiger partial charge in [-0.25, -0.2) is 14.4 Å². The fourth-order valence-electron chi connectivity index (χ4n) is 4.68. The standard InChI is InChI=1S/C26H29ClFN5O3/c27-20-5-4-19(23(28)12-20)17-36-26-3-1-2-24(31-26)18-6-9-32(10-7-18)16-25-29-13-21(14-30-34)33(25)15-22-8-11-35-22/h1-5,12-14,18,22,34H,6-11,15-17H2/b30-14+. The van der Waals surface area contributed by atoms with Crippen molar-refractivity contribution in [1.82, 2.24) is 19.4 Å². The van der Waals surface area contributed by atoms with Crippen molar-refractivity contribution in [3.8, 4) is 5.88 Å². The molecule has 3 aromatic rings. The second kappa shape index (κ2) is 11.4. The van der Waals surface area contributed by atoms with Gasteiger partial charge in [-0.3, -0.25) is 4.90 Å². The number of pyridine rings is 1. The van der Waals surface area contributed by atoms with E-state index in [2.05, 4.69) is 19.6 Å².